The van der Waals surface area contributed by atoms with Gasteiger partial charge in [0, 0.05) is 37.7 Å². The van der Waals surface area contributed by atoms with Crippen LogP contribution in [0.2, 0.25) is 0 Å². The molecule has 2 saturated heterocycles. The number of nitrogens with zero attached hydrogens (tertiary/aromatic N) is 1. The van der Waals surface area contributed by atoms with Crippen LogP contribution in [0.25, 0.3) is 0 Å². The zero-order valence-corrected chi connectivity index (χ0v) is 11.4. The molecule has 0 aromatic heterocycles. The Morgan fingerprint density at radius 2 is 2.06 bits per heavy atom. The number of thioether (sulfide) groups is 1. The van der Waals surface area contributed by atoms with Gasteiger partial charge < -0.3 is 10.2 Å². The van der Waals surface area contributed by atoms with Gasteiger partial charge in [-0.15, -0.1) is 11.8 Å². The molecular weight excluding hydrogens is 250 g/mol. The van der Waals surface area contributed by atoms with Crippen LogP contribution in [0.5, 0.6) is 0 Å². The van der Waals surface area contributed by atoms with E-state index in [4.69, 9.17) is 0 Å². The number of rotatable bonds is 4. The molecule has 1 unspecified atom stereocenters. The van der Waals surface area contributed by atoms with Crippen LogP contribution in [0.3, 0.4) is 0 Å². The van der Waals surface area contributed by atoms with E-state index in [1.165, 1.54) is 6.42 Å². The number of carbonyl (C=O) groups is 2. The summed E-state index contributed by atoms with van der Waals surface area (Å²) in [6, 6.07) is -0.0833. The van der Waals surface area contributed by atoms with Crippen LogP contribution in [0.4, 0.5) is 0 Å². The monoisotopic (exact) mass is 271 g/mol. The van der Waals surface area contributed by atoms with Crippen LogP contribution in [0.15, 0.2) is 0 Å². The number of nitrogens with one attached hydrogen (secondary N) is 2. The van der Waals surface area contributed by atoms with Gasteiger partial charge in [-0.2, -0.15) is 0 Å². The molecular formula is C12H21N3O2S. The van der Waals surface area contributed by atoms with E-state index in [0.717, 1.165) is 37.6 Å². The maximum absolute atomic E-state index is 11.9. The first-order chi connectivity index (χ1) is 8.77. The first kappa shape index (κ1) is 13.7. The lowest BCUT2D eigenvalue weighted by atomic mass is 10.1. The second kappa shape index (κ2) is 6.99. The van der Waals surface area contributed by atoms with Gasteiger partial charge in [-0.3, -0.25) is 14.9 Å². The Labute approximate surface area is 112 Å². The molecule has 2 heterocycles. The lowest BCUT2D eigenvalue weighted by molar-refractivity contribution is -0.132. The molecule has 2 N–H and O–H groups in total. The molecule has 0 aliphatic carbocycles. The van der Waals surface area contributed by atoms with Gasteiger partial charge in [-0.25, -0.2) is 0 Å². The third-order valence-electron chi connectivity index (χ3n) is 3.38. The van der Waals surface area contributed by atoms with Gasteiger partial charge in [0.2, 0.25) is 11.8 Å². The first-order valence-electron chi connectivity index (χ1n) is 6.64. The number of piperidine rings is 1. The molecule has 0 aromatic carbocycles. The highest BCUT2D eigenvalue weighted by atomic mass is 32.2. The van der Waals surface area contributed by atoms with Crippen LogP contribution in [-0.4, -0.2) is 54.0 Å². The van der Waals surface area contributed by atoms with Gasteiger partial charge in [0.15, 0.2) is 0 Å². The second-order valence-electron chi connectivity index (χ2n) is 4.75. The van der Waals surface area contributed by atoms with Crippen LogP contribution in [0.1, 0.15) is 25.7 Å². The minimum absolute atomic E-state index is 0.0199. The number of likely N-dealkylation sites (tertiary alicyclic amines) is 1. The molecule has 1 atom stereocenters. The van der Waals surface area contributed by atoms with Crippen molar-refractivity contribution in [3.63, 3.8) is 0 Å². The number of hydrogen-bond acceptors (Lipinski definition) is 4. The Balaban J connectivity index is 1.62. The lowest BCUT2D eigenvalue weighted by Gasteiger charge is -2.26. The standard InChI is InChI=1S/C12H21N3O2S/c16-11(15-6-2-1-3-7-15)4-5-13-12(17)10-8-18-9-14-10/h10,14H,1-9H2,(H,13,17). The maximum Gasteiger partial charge on any atom is 0.238 e. The average Bonchev–Trinajstić information content (AvgIpc) is 2.93. The summed E-state index contributed by atoms with van der Waals surface area (Å²) in [7, 11) is 0. The minimum atomic E-state index is -0.0833. The van der Waals surface area contributed by atoms with Gasteiger partial charge in [-0.1, -0.05) is 0 Å². The summed E-state index contributed by atoms with van der Waals surface area (Å²) >= 11 is 1.73. The summed E-state index contributed by atoms with van der Waals surface area (Å²) in [4.78, 5) is 25.5. The molecule has 0 saturated carbocycles. The van der Waals surface area contributed by atoms with Gasteiger partial charge in [0.25, 0.3) is 0 Å². The van der Waals surface area contributed by atoms with E-state index >= 15 is 0 Å². The predicted octanol–water partition coefficient (Wildman–Crippen LogP) is 0.168. The van der Waals surface area contributed by atoms with E-state index in [-0.39, 0.29) is 17.9 Å². The van der Waals surface area contributed by atoms with E-state index in [1.54, 1.807) is 11.8 Å². The van der Waals surface area contributed by atoms with E-state index in [0.29, 0.717) is 13.0 Å². The van der Waals surface area contributed by atoms with Crippen molar-refractivity contribution >= 4 is 23.6 Å². The molecule has 2 rings (SSSR count). The fraction of sp³-hybridized carbons (Fsp3) is 0.833. The third kappa shape index (κ3) is 3.88. The molecule has 2 amide bonds. The zero-order valence-electron chi connectivity index (χ0n) is 10.6. The molecule has 0 radical (unpaired) electrons. The quantitative estimate of drug-likeness (QED) is 0.765. The van der Waals surface area contributed by atoms with E-state index < -0.39 is 0 Å². The van der Waals surface area contributed by atoms with Crippen molar-refractivity contribution in [1.82, 2.24) is 15.5 Å². The molecule has 2 fully saturated rings. The number of amides is 2. The molecule has 2 aliphatic heterocycles. The first-order valence-corrected chi connectivity index (χ1v) is 7.79. The zero-order chi connectivity index (χ0) is 12.8. The summed E-state index contributed by atoms with van der Waals surface area (Å²) < 4.78 is 0. The normalized spacial score (nSPS) is 24.0. The van der Waals surface area contributed by atoms with Crippen LogP contribution >= 0.6 is 11.8 Å². The van der Waals surface area contributed by atoms with Gasteiger partial charge >= 0.3 is 0 Å². The molecule has 0 aromatic rings. The molecule has 0 bridgehead atoms. The Bertz CT molecular complexity index is 300. The van der Waals surface area contributed by atoms with Crippen LogP contribution in [-0.2, 0) is 9.59 Å². The van der Waals surface area contributed by atoms with Crippen molar-refractivity contribution in [3.05, 3.63) is 0 Å². The number of carbonyl (C=O) groups excluding carboxylic acids is 2. The Hall–Kier alpha value is -0.750. The van der Waals surface area contributed by atoms with E-state index in [1.807, 2.05) is 4.90 Å². The van der Waals surface area contributed by atoms with E-state index in [2.05, 4.69) is 10.6 Å². The highest BCUT2D eigenvalue weighted by molar-refractivity contribution is 7.99. The fourth-order valence-electron chi connectivity index (χ4n) is 2.28. The summed E-state index contributed by atoms with van der Waals surface area (Å²) in [5.41, 5.74) is 0. The van der Waals surface area contributed by atoms with Gasteiger partial charge in [-0.05, 0) is 19.3 Å². The smallest absolute Gasteiger partial charge is 0.238 e. The highest BCUT2D eigenvalue weighted by Crippen LogP contribution is 2.10. The minimum Gasteiger partial charge on any atom is -0.354 e. The molecule has 102 valence electrons. The Morgan fingerprint density at radius 1 is 1.28 bits per heavy atom. The largest absolute Gasteiger partial charge is 0.354 e. The molecule has 0 spiro atoms. The average molecular weight is 271 g/mol. The van der Waals surface area contributed by atoms with Crippen molar-refractivity contribution in [2.24, 2.45) is 0 Å². The summed E-state index contributed by atoms with van der Waals surface area (Å²) in [6.07, 6.45) is 3.87. The topological polar surface area (TPSA) is 61.4 Å². The van der Waals surface area contributed by atoms with Crippen molar-refractivity contribution in [3.8, 4) is 0 Å². The fourth-order valence-corrected chi connectivity index (χ4v) is 3.22. The van der Waals surface area contributed by atoms with Gasteiger partial charge in [0.1, 0.15) is 0 Å². The van der Waals surface area contributed by atoms with E-state index in [9.17, 15) is 9.59 Å². The third-order valence-corrected chi connectivity index (χ3v) is 4.32. The van der Waals surface area contributed by atoms with Crippen molar-refractivity contribution < 1.29 is 9.59 Å². The van der Waals surface area contributed by atoms with Crippen LogP contribution < -0.4 is 10.6 Å². The lowest BCUT2D eigenvalue weighted by Crippen LogP contribution is -2.43. The van der Waals surface area contributed by atoms with Crippen molar-refractivity contribution in [1.29, 1.82) is 0 Å². The summed E-state index contributed by atoms with van der Waals surface area (Å²) in [5.74, 6) is 1.85. The van der Waals surface area contributed by atoms with Crippen molar-refractivity contribution in [2.75, 3.05) is 31.3 Å². The molecule has 18 heavy (non-hydrogen) atoms. The van der Waals surface area contributed by atoms with Crippen LogP contribution in [0, 0.1) is 0 Å². The SMILES string of the molecule is O=C(NCCC(=O)N1CCCCC1)C1CSCN1. The maximum atomic E-state index is 11.9. The summed E-state index contributed by atoms with van der Waals surface area (Å²) in [6.45, 7) is 2.22. The summed E-state index contributed by atoms with van der Waals surface area (Å²) in [5, 5.41) is 5.95. The van der Waals surface area contributed by atoms with Gasteiger partial charge in [0.05, 0.1) is 6.04 Å². The molecule has 5 nitrogen and oxygen atoms in total. The Morgan fingerprint density at radius 3 is 2.72 bits per heavy atom. The van der Waals surface area contributed by atoms with Crippen molar-refractivity contribution in [2.45, 2.75) is 31.7 Å². The number of hydrogen-bond donors (Lipinski definition) is 2. The molecule has 6 heteroatoms. The Kier molecular flexibility index (Phi) is 5.31. The second-order valence-corrected chi connectivity index (χ2v) is 5.78. The molecule has 2 aliphatic rings. The predicted molar refractivity (Wildman–Crippen MR) is 72.3 cm³/mol. The highest BCUT2D eigenvalue weighted by Gasteiger charge is 2.22.